The minimum absolute atomic E-state index is 0.302. The average Bonchev–Trinajstić information content (AvgIpc) is 2.80. The number of carbonyl (C=O) groups is 1. The van der Waals surface area contributed by atoms with Crippen LogP contribution in [0.4, 0.5) is 11.5 Å². The molecule has 0 aliphatic carbocycles. The normalized spacial score (nSPS) is 24.7. The van der Waals surface area contributed by atoms with Gasteiger partial charge in [0.05, 0.1) is 4.92 Å². The van der Waals surface area contributed by atoms with Crippen molar-refractivity contribution in [2.75, 3.05) is 31.1 Å². The summed E-state index contributed by atoms with van der Waals surface area (Å²) in [7, 11) is 0. The second kappa shape index (κ2) is 5.28. The maximum Gasteiger partial charge on any atom is 0.342 e. The van der Waals surface area contributed by atoms with E-state index in [2.05, 4.69) is 14.8 Å². The second-order valence-electron chi connectivity index (χ2n) is 5.39. The van der Waals surface area contributed by atoms with Crippen molar-refractivity contribution in [1.29, 1.82) is 0 Å². The highest BCUT2D eigenvalue weighted by molar-refractivity contribution is 5.93. The highest BCUT2D eigenvalue weighted by Crippen LogP contribution is 2.28. The van der Waals surface area contributed by atoms with Crippen molar-refractivity contribution in [3.63, 3.8) is 0 Å². The molecule has 0 unspecified atom stereocenters. The number of hydrogen-bond acceptors (Lipinski definition) is 6. The number of nitro groups is 1. The molecule has 1 aromatic rings. The van der Waals surface area contributed by atoms with Gasteiger partial charge < -0.3 is 14.9 Å². The summed E-state index contributed by atoms with van der Waals surface area (Å²) in [5, 5.41) is 20.0. The van der Waals surface area contributed by atoms with Crippen molar-refractivity contribution >= 4 is 17.5 Å². The topological polar surface area (TPSA) is 99.8 Å². The number of pyridine rings is 1. The van der Waals surface area contributed by atoms with Crippen molar-refractivity contribution < 1.29 is 14.8 Å². The Morgan fingerprint density at radius 2 is 2.05 bits per heavy atom. The quantitative estimate of drug-likeness (QED) is 0.654. The summed E-state index contributed by atoms with van der Waals surface area (Å²) in [6, 6.07) is 1.66. The van der Waals surface area contributed by atoms with Gasteiger partial charge in [0.15, 0.2) is 0 Å². The van der Waals surface area contributed by atoms with Gasteiger partial charge in [-0.15, -0.1) is 0 Å². The van der Waals surface area contributed by atoms with Crippen LogP contribution in [0.15, 0.2) is 12.3 Å². The van der Waals surface area contributed by atoms with Gasteiger partial charge in [-0.3, -0.25) is 10.1 Å². The molecule has 0 saturated carbocycles. The Bertz CT molecular complexity index is 584. The number of carboxylic acid groups (broad SMARTS) is 1. The number of fused-ring (bicyclic) bond motifs is 4. The molecule has 112 valence electrons. The van der Waals surface area contributed by atoms with E-state index in [1.807, 2.05) is 0 Å². The van der Waals surface area contributed by atoms with Crippen LogP contribution >= 0.6 is 0 Å². The summed E-state index contributed by atoms with van der Waals surface area (Å²) >= 11 is 0. The third kappa shape index (κ3) is 2.54. The summed E-state index contributed by atoms with van der Waals surface area (Å²) in [6.07, 6.45) is 3.08. The average molecular weight is 292 g/mol. The molecule has 8 nitrogen and oxygen atoms in total. The number of carboxylic acids is 1. The van der Waals surface area contributed by atoms with Crippen molar-refractivity contribution in [2.24, 2.45) is 0 Å². The Kier molecular flexibility index (Phi) is 3.46. The molecule has 0 amide bonds. The van der Waals surface area contributed by atoms with Gasteiger partial charge in [0.2, 0.25) is 0 Å². The highest BCUT2D eigenvalue weighted by atomic mass is 16.6. The molecule has 4 heterocycles. The van der Waals surface area contributed by atoms with E-state index in [0.717, 1.165) is 45.2 Å². The molecule has 1 aromatic heterocycles. The molecular formula is C13H16N4O4. The molecule has 3 fully saturated rings. The molecule has 4 rings (SSSR count). The predicted molar refractivity (Wildman–Crippen MR) is 74.7 cm³/mol. The van der Waals surface area contributed by atoms with Crippen molar-refractivity contribution in [3.8, 4) is 0 Å². The monoisotopic (exact) mass is 292 g/mol. The van der Waals surface area contributed by atoms with E-state index in [1.165, 1.54) is 6.07 Å². The summed E-state index contributed by atoms with van der Waals surface area (Å²) in [6.45, 7) is 3.77. The summed E-state index contributed by atoms with van der Waals surface area (Å²) in [4.78, 5) is 30.0. The summed E-state index contributed by atoms with van der Waals surface area (Å²) in [5.41, 5.74) is -0.766. The number of aromatic nitrogens is 1. The van der Waals surface area contributed by atoms with Gasteiger partial charge in [0.25, 0.3) is 0 Å². The first-order chi connectivity index (χ1) is 10.1. The molecule has 2 bridgehead atoms. The maximum absolute atomic E-state index is 11.2. The summed E-state index contributed by atoms with van der Waals surface area (Å²) < 4.78 is 0. The molecule has 8 heteroatoms. The number of hydrogen-bond donors (Lipinski definition) is 1. The van der Waals surface area contributed by atoms with E-state index in [1.54, 1.807) is 0 Å². The van der Waals surface area contributed by atoms with Crippen LogP contribution in [-0.2, 0) is 0 Å². The van der Waals surface area contributed by atoms with Crippen molar-refractivity contribution in [2.45, 2.75) is 18.9 Å². The molecule has 3 aliphatic heterocycles. The highest BCUT2D eigenvalue weighted by Gasteiger charge is 2.31. The van der Waals surface area contributed by atoms with Gasteiger partial charge in [0, 0.05) is 38.3 Å². The number of rotatable bonds is 3. The minimum atomic E-state index is -1.30. The number of nitrogens with zero attached hydrogens (tertiary/aromatic N) is 4. The predicted octanol–water partition coefficient (Wildman–Crippen LogP) is 0.972. The lowest BCUT2D eigenvalue weighted by Gasteiger charge is -2.32. The molecule has 0 aromatic carbocycles. The first-order valence-electron chi connectivity index (χ1n) is 6.93. The molecule has 1 N–H and O–H groups in total. The fraction of sp³-hybridized carbons (Fsp3) is 0.538. The Morgan fingerprint density at radius 1 is 1.33 bits per heavy atom. The molecule has 21 heavy (non-hydrogen) atoms. The second-order valence-corrected chi connectivity index (χ2v) is 5.39. The van der Waals surface area contributed by atoms with E-state index in [9.17, 15) is 14.9 Å². The smallest absolute Gasteiger partial charge is 0.342 e. The number of piperidine rings is 1. The van der Waals surface area contributed by atoms with Crippen LogP contribution in [0.1, 0.15) is 23.2 Å². The van der Waals surface area contributed by atoms with E-state index in [-0.39, 0.29) is 5.56 Å². The van der Waals surface area contributed by atoms with Crippen LogP contribution in [0.3, 0.4) is 0 Å². The maximum atomic E-state index is 11.2. The van der Waals surface area contributed by atoms with Gasteiger partial charge in [-0.2, -0.15) is 0 Å². The van der Waals surface area contributed by atoms with E-state index in [0.29, 0.717) is 11.9 Å². The van der Waals surface area contributed by atoms with Gasteiger partial charge >= 0.3 is 11.7 Å². The lowest BCUT2D eigenvalue weighted by molar-refractivity contribution is -0.385. The SMILES string of the molecule is O=C(O)c1cc(N2CCN3CCC2CC3)ncc1[N+](=O)[O-]. The van der Waals surface area contributed by atoms with Gasteiger partial charge in [-0.05, 0) is 12.8 Å². The van der Waals surface area contributed by atoms with Crippen molar-refractivity contribution in [3.05, 3.63) is 27.9 Å². The fourth-order valence-corrected chi connectivity index (χ4v) is 3.10. The Morgan fingerprint density at radius 3 is 2.67 bits per heavy atom. The van der Waals surface area contributed by atoms with Gasteiger partial charge in [0.1, 0.15) is 17.6 Å². The molecule has 3 saturated heterocycles. The lowest BCUT2D eigenvalue weighted by Crippen LogP contribution is -2.38. The third-order valence-corrected chi connectivity index (χ3v) is 4.24. The van der Waals surface area contributed by atoms with Crippen LogP contribution in [0.25, 0.3) is 0 Å². The fourth-order valence-electron chi connectivity index (χ4n) is 3.10. The van der Waals surface area contributed by atoms with Crippen LogP contribution in [0.2, 0.25) is 0 Å². The number of aromatic carboxylic acids is 1. The first kappa shape index (κ1) is 13.7. The standard InChI is InChI=1S/C13H16N4O4/c18-13(19)10-7-12(14-8-11(10)17(20)21)16-6-5-15-3-1-9(16)2-4-15/h7-9H,1-6H2,(H,18,19). The zero-order valence-electron chi connectivity index (χ0n) is 11.4. The first-order valence-corrected chi connectivity index (χ1v) is 6.93. The molecule has 0 radical (unpaired) electrons. The zero-order valence-corrected chi connectivity index (χ0v) is 11.4. The Balaban J connectivity index is 1.97. The van der Waals surface area contributed by atoms with E-state index < -0.39 is 16.6 Å². The number of anilines is 1. The third-order valence-electron chi connectivity index (χ3n) is 4.24. The van der Waals surface area contributed by atoms with Crippen LogP contribution < -0.4 is 4.90 Å². The van der Waals surface area contributed by atoms with Crippen molar-refractivity contribution in [1.82, 2.24) is 9.88 Å². The minimum Gasteiger partial charge on any atom is -0.477 e. The van der Waals surface area contributed by atoms with Gasteiger partial charge in [-0.25, -0.2) is 9.78 Å². The van der Waals surface area contributed by atoms with Crippen LogP contribution in [-0.4, -0.2) is 58.1 Å². The molecular weight excluding hydrogens is 276 g/mol. The molecule has 0 atom stereocenters. The Labute approximate surface area is 121 Å². The van der Waals surface area contributed by atoms with E-state index in [4.69, 9.17) is 5.11 Å². The largest absolute Gasteiger partial charge is 0.477 e. The summed E-state index contributed by atoms with van der Waals surface area (Å²) in [5.74, 6) is -0.778. The van der Waals surface area contributed by atoms with Gasteiger partial charge in [-0.1, -0.05) is 0 Å². The lowest BCUT2D eigenvalue weighted by atomic mass is 10.1. The van der Waals surface area contributed by atoms with E-state index >= 15 is 0 Å². The van der Waals surface area contributed by atoms with Crippen LogP contribution in [0, 0.1) is 10.1 Å². The molecule has 3 aliphatic rings. The zero-order chi connectivity index (χ0) is 15.0. The Hall–Kier alpha value is -2.22. The van der Waals surface area contributed by atoms with Crippen LogP contribution in [0.5, 0.6) is 0 Å². The molecule has 0 spiro atoms.